The highest BCUT2D eigenvalue weighted by Crippen LogP contribution is 2.19. The van der Waals surface area contributed by atoms with Crippen LogP contribution >= 0.6 is 11.6 Å². The Morgan fingerprint density at radius 3 is 2.95 bits per heavy atom. The molecule has 2 rings (SSSR count). The number of benzene rings is 1. The van der Waals surface area contributed by atoms with Gasteiger partial charge in [-0.15, -0.1) is 0 Å². The summed E-state index contributed by atoms with van der Waals surface area (Å²) < 4.78 is 19.0. The van der Waals surface area contributed by atoms with Crippen LogP contribution in [0.15, 0.2) is 22.7 Å². The maximum absolute atomic E-state index is 13.8. The Morgan fingerprint density at radius 2 is 2.19 bits per heavy atom. The van der Waals surface area contributed by atoms with Crippen molar-refractivity contribution in [3.05, 3.63) is 46.3 Å². The molecule has 1 N–H and O–H groups in total. The third kappa shape index (κ3) is 4.79. The lowest BCUT2D eigenvalue weighted by molar-refractivity contribution is 0.369. The zero-order valence-electron chi connectivity index (χ0n) is 12.2. The van der Waals surface area contributed by atoms with Crippen LogP contribution < -0.4 is 5.32 Å². The molecular weight excluding hydrogens is 293 g/mol. The predicted octanol–water partition coefficient (Wildman–Crippen LogP) is 3.38. The summed E-state index contributed by atoms with van der Waals surface area (Å²) >= 11 is 5.75. The van der Waals surface area contributed by atoms with Crippen molar-refractivity contribution in [2.45, 2.75) is 39.2 Å². The molecule has 0 atom stereocenters. The number of nitrogens with zero attached hydrogens (tertiary/aromatic N) is 2. The molecule has 1 aromatic heterocycles. The van der Waals surface area contributed by atoms with Crippen molar-refractivity contribution in [3.8, 4) is 0 Å². The predicted molar refractivity (Wildman–Crippen MR) is 80.0 cm³/mol. The van der Waals surface area contributed by atoms with Crippen LogP contribution in [0.5, 0.6) is 0 Å². The minimum atomic E-state index is -0.424. The van der Waals surface area contributed by atoms with E-state index in [0.29, 0.717) is 29.7 Å². The molecule has 0 aliphatic heterocycles. The Kier molecular flexibility index (Phi) is 5.70. The second kappa shape index (κ2) is 7.52. The van der Waals surface area contributed by atoms with Crippen molar-refractivity contribution in [1.29, 1.82) is 0 Å². The Bertz CT molecular complexity index is 586. The van der Waals surface area contributed by atoms with Crippen molar-refractivity contribution < 1.29 is 8.91 Å². The minimum absolute atomic E-state index is 0.107. The topological polar surface area (TPSA) is 51.0 Å². The summed E-state index contributed by atoms with van der Waals surface area (Å²) in [5, 5.41) is 7.31. The summed E-state index contributed by atoms with van der Waals surface area (Å²) in [4.78, 5) is 4.28. The smallest absolute Gasteiger partial charge is 0.226 e. The summed E-state index contributed by atoms with van der Waals surface area (Å²) in [6.45, 7) is 5.10. The molecule has 0 amide bonds. The molecular formula is C15H19ClFN3O. The molecule has 0 radical (unpaired) electrons. The fourth-order valence-corrected chi connectivity index (χ4v) is 2.14. The molecule has 0 aliphatic carbocycles. The maximum Gasteiger partial charge on any atom is 0.226 e. The lowest BCUT2D eigenvalue weighted by atomic mass is 10.1. The third-order valence-corrected chi connectivity index (χ3v) is 3.30. The third-order valence-electron chi connectivity index (χ3n) is 3.01. The van der Waals surface area contributed by atoms with E-state index in [9.17, 15) is 4.39 Å². The van der Waals surface area contributed by atoms with Gasteiger partial charge in [0.05, 0.1) is 5.02 Å². The second-order valence-corrected chi connectivity index (χ2v) is 5.61. The van der Waals surface area contributed by atoms with Crippen molar-refractivity contribution in [2.75, 3.05) is 6.54 Å². The number of aromatic nitrogens is 2. The molecule has 6 heteroatoms. The van der Waals surface area contributed by atoms with E-state index in [1.54, 1.807) is 12.1 Å². The number of aryl methyl sites for hydroxylation is 1. The van der Waals surface area contributed by atoms with E-state index < -0.39 is 5.82 Å². The summed E-state index contributed by atoms with van der Waals surface area (Å²) in [6, 6.07) is 5.36. The summed E-state index contributed by atoms with van der Waals surface area (Å²) in [6.07, 6.45) is 1.91. The highest BCUT2D eigenvalue weighted by Gasteiger charge is 2.11. The normalized spacial score (nSPS) is 11.3. The molecule has 2 aromatic rings. The van der Waals surface area contributed by atoms with Crippen LogP contribution in [0.4, 0.5) is 4.39 Å². The highest BCUT2D eigenvalue weighted by molar-refractivity contribution is 6.30. The Labute approximate surface area is 128 Å². The van der Waals surface area contributed by atoms with Gasteiger partial charge < -0.3 is 9.84 Å². The lowest BCUT2D eigenvalue weighted by Gasteiger charge is -2.05. The first-order valence-corrected chi connectivity index (χ1v) is 7.42. The van der Waals surface area contributed by atoms with Crippen molar-refractivity contribution in [3.63, 3.8) is 0 Å². The van der Waals surface area contributed by atoms with Gasteiger partial charge in [-0.25, -0.2) is 4.39 Å². The van der Waals surface area contributed by atoms with Crippen LogP contribution in [-0.4, -0.2) is 22.7 Å². The van der Waals surface area contributed by atoms with Gasteiger partial charge in [0.1, 0.15) is 5.82 Å². The van der Waals surface area contributed by atoms with Gasteiger partial charge in [-0.3, -0.25) is 0 Å². The molecule has 0 bridgehead atoms. The van der Waals surface area contributed by atoms with Gasteiger partial charge in [-0.1, -0.05) is 42.7 Å². The van der Waals surface area contributed by atoms with Crippen LogP contribution in [0.25, 0.3) is 0 Å². The van der Waals surface area contributed by atoms with Gasteiger partial charge in [-0.05, 0) is 24.6 Å². The fraction of sp³-hybridized carbons (Fsp3) is 0.467. The zero-order valence-corrected chi connectivity index (χ0v) is 13.0. The van der Waals surface area contributed by atoms with Crippen molar-refractivity contribution >= 4 is 11.6 Å². The van der Waals surface area contributed by atoms with Crippen molar-refractivity contribution in [1.82, 2.24) is 15.5 Å². The van der Waals surface area contributed by atoms with Gasteiger partial charge in [0.25, 0.3) is 0 Å². The lowest BCUT2D eigenvalue weighted by Crippen LogP contribution is -2.23. The van der Waals surface area contributed by atoms with Gasteiger partial charge in [0, 0.05) is 18.9 Å². The number of nitrogens with one attached hydrogen (secondary N) is 1. The average Bonchev–Trinajstić information content (AvgIpc) is 2.87. The number of halogens is 2. The minimum Gasteiger partial charge on any atom is -0.339 e. The molecule has 1 heterocycles. The standard InChI is InChI=1S/C15H19ClFN3O/c1-10(2)18-8-4-7-14-19-13(20-21-14)9-11-5-3-6-12(16)15(11)17/h3,5-6,10,18H,4,7-9H2,1-2H3. The van der Waals surface area contributed by atoms with Crippen LogP contribution in [0.3, 0.4) is 0 Å². The largest absolute Gasteiger partial charge is 0.339 e. The molecule has 1 aromatic carbocycles. The van der Waals surface area contributed by atoms with Gasteiger partial charge in [0.15, 0.2) is 5.82 Å². The molecule has 0 aliphatic rings. The molecule has 0 spiro atoms. The summed E-state index contributed by atoms with van der Waals surface area (Å²) in [5.41, 5.74) is 0.469. The van der Waals surface area contributed by atoms with E-state index >= 15 is 0 Å². The van der Waals surface area contributed by atoms with E-state index in [2.05, 4.69) is 29.3 Å². The van der Waals surface area contributed by atoms with E-state index in [0.717, 1.165) is 13.0 Å². The van der Waals surface area contributed by atoms with E-state index in [1.165, 1.54) is 6.07 Å². The molecule has 0 saturated heterocycles. The van der Waals surface area contributed by atoms with Crippen LogP contribution in [0.2, 0.25) is 5.02 Å². The summed E-state index contributed by atoms with van der Waals surface area (Å²) in [5.74, 6) is 0.632. The Hall–Kier alpha value is -1.46. The number of hydrogen-bond donors (Lipinski definition) is 1. The average molecular weight is 312 g/mol. The highest BCUT2D eigenvalue weighted by atomic mass is 35.5. The van der Waals surface area contributed by atoms with E-state index in [-0.39, 0.29) is 11.4 Å². The quantitative estimate of drug-likeness (QED) is 0.796. The Morgan fingerprint density at radius 1 is 1.38 bits per heavy atom. The molecule has 21 heavy (non-hydrogen) atoms. The van der Waals surface area contributed by atoms with Gasteiger partial charge in [0.2, 0.25) is 5.89 Å². The van der Waals surface area contributed by atoms with Gasteiger partial charge >= 0.3 is 0 Å². The zero-order chi connectivity index (χ0) is 15.2. The Balaban J connectivity index is 1.89. The summed E-state index contributed by atoms with van der Waals surface area (Å²) in [7, 11) is 0. The molecule has 0 saturated carbocycles. The molecule has 4 nitrogen and oxygen atoms in total. The second-order valence-electron chi connectivity index (χ2n) is 5.21. The van der Waals surface area contributed by atoms with Gasteiger partial charge in [-0.2, -0.15) is 4.98 Å². The first-order valence-electron chi connectivity index (χ1n) is 7.04. The number of rotatable bonds is 7. The first kappa shape index (κ1) is 15.9. The molecule has 0 unspecified atom stereocenters. The van der Waals surface area contributed by atoms with E-state index in [4.69, 9.17) is 16.1 Å². The first-order chi connectivity index (χ1) is 10.1. The maximum atomic E-state index is 13.8. The SMILES string of the molecule is CC(C)NCCCc1nc(Cc2cccc(Cl)c2F)no1. The molecule has 114 valence electrons. The fourth-order valence-electron chi connectivity index (χ4n) is 1.95. The van der Waals surface area contributed by atoms with E-state index in [1.807, 2.05) is 0 Å². The van der Waals surface area contributed by atoms with Crippen LogP contribution in [-0.2, 0) is 12.8 Å². The van der Waals surface area contributed by atoms with Crippen LogP contribution in [0, 0.1) is 5.82 Å². The van der Waals surface area contributed by atoms with Crippen molar-refractivity contribution in [2.24, 2.45) is 0 Å². The monoisotopic (exact) mass is 311 g/mol. The number of hydrogen-bond acceptors (Lipinski definition) is 4. The molecule has 0 fully saturated rings. The van der Waals surface area contributed by atoms with Crippen LogP contribution in [0.1, 0.15) is 37.5 Å².